The topological polar surface area (TPSA) is 347 Å². The van der Waals surface area contributed by atoms with Crippen LogP contribution in [0.5, 0.6) is 0 Å². The number of carboxylic acids is 1. The van der Waals surface area contributed by atoms with Gasteiger partial charge < -0.3 is 109 Å². The number of ether oxygens (including phenoxy) is 11. The van der Waals surface area contributed by atoms with Crippen LogP contribution < -0.4 is 21.5 Å². The minimum Gasteiger partial charge on any atom is -0.544 e. The summed E-state index contributed by atoms with van der Waals surface area (Å²) in [6.07, 6.45) is -25.4. The molecular formula is C33H54N3O21-. The number of hydrogen-bond acceptors (Lipinski definition) is 22. The largest absolute Gasteiger partial charge is 0.544 e. The van der Waals surface area contributed by atoms with Gasteiger partial charge in [0.05, 0.1) is 38.1 Å². The number of nitrogens with two attached hydrogens (primary N) is 1. The van der Waals surface area contributed by atoms with Crippen LogP contribution in [-0.4, -0.2) is 211 Å². The molecule has 0 bridgehead atoms. The number of amides is 2. The third-order valence-corrected chi connectivity index (χ3v) is 10.6. The van der Waals surface area contributed by atoms with Crippen LogP contribution in [0.1, 0.15) is 27.7 Å². The molecule has 0 spiro atoms. The molecule has 9 unspecified atom stereocenters. The Morgan fingerprint density at radius 3 is 1.98 bits per heavy atom. The van der Waals surface area contributed by atoms with Crippen molar-refractivity contribution in [1.29, 1.82) is 0 Å². The highest BCUT2D eigenvalue weighted by atomic mass is 16.8. The Kier molecular flexibility index (Phi) is 15.2. The Morgan fingerprint density at radius 2 is 1.42 bits per heavy atom. The number of methoxy groups -OCH3 is 2. The van der Waals surface area contributed by atoms with E-state index in [9.17, 15) is 50.1 Å². The summed E-state index contributed by atoms with van der Waals surface area (Å²) in [7, 11) is 2.58. The molecule has 2 amide bonds. The summed E-state index contributed by atoms with van der Waals surface area (Å²) in [5.41, 5.74) is 6.35. The van der Waals surface area contributed by atoms with E-state index in [-0.39, 0.29) is 6.61 Å². The minimum atomic E-state index is -2.33. The third kappa shape index (κ3) is 9.53. The van der Waals surface area contributed by atoms with Crippen molar-refractivity contribution in [3.63, 3.8) is 0 Å². The first-order valence-electron chi connectivity index (χ1n) is 18.3. The Balaban J connectivity index is 1.56. The fourth-order valence-electron chi connectivity index (χ4n) is 7.57. The van der Waals surface area contributed by atoms with Gasteiger partial charge in [-0.3, -0.25) is 9.59 Å². The molecule has 5 aliphatic heterocycles. The molecule has 328 valence electrons. The van der Waals surface area contributed by atoms with Gasteiger partial charge in [0.1, 0.15) is 85.2 Å². The van der Waals surface area contributed by atoms with E-state index in [4.69, 9.17) is 57.8 Å². The number of aliphatic hydroxyl groups excluding tert-OH is 6. The zero-order valence-corrected chi connectivity index (χ0v) is 32.1. The minimum absolute atomic E-state index is 0.384. The van der Waals surface area contributed by atoms with Gasteiger partial charge in [-0.25, -0.2) is 0 Å². The first kappa shape index (κ1) is 45.8. The molecule has 0 aromatic carbocycles. The van der Waals surface area contributed by atoms with E-state index in [1.807, 2.05) is 0 Å². The summed E-state index contributed by atoms with van der Waals surface area (Å²) in [6.45, 7) is 2.93. The maximum Gasteiger partial charge on any atom is 0.217 e. The van der Waals surface area contributed by atoms with Crippen molar-refractivity contribution < 1.29 is 102 Å². The van der Waals surface area contributed by atoms with Gasteiger partial charge in [0.15, 0.2) is 25.2 Å². The summed E-state index contributed by atoms with van der Waals surface area (Å²) in [4.78, 5) is 37.3. The van der Waals surface area contributed by atoms with Crippen LogP contribution in [0.4, 0.5) is 0 Å². The molecule has 5 aliphatic rings. The first-order chi connectivity index (χ1) is 26.9. The number of carbonyl (C=O) groups is 3. The Bertz CT molecular complexity index is 1390. The lowest BCUT2D eigenvalue weighted by Crippen LogP contribution is -2.72. The van der Waals surface area contributed by atoms with Crippen LogP contribution in [0.2, 0.25) is 0 Å². The molecule has 0 aliphatic carbocycles. The molecule has 5 fully saturated rings. The van der Waals surface area contributed by atoms with Gasteiger partial charge in [0.2, 0.25) is 17.6 Å². The van der Waals surface area contributed by atoms with E-state index in [2.05, 4.69) is 10.6 Å². The monoisotopic (exact) mass is 828 g/mol. The van der Waals surface area contributed by atoms with Crippen LogP contribution in [0.15, 0.2) is 0 Å². The van der Waals surface area contributed by atoms with Crippen molar-refractivity contribution in [2.24, 2.45) is 5.73 Å². The van der Waals surface area contributed by atoms with Crippen LogP contribution >= 0.6 is 0 Å². The fraction of sp³-hybridized carbons (Fsp3) is 0.909. The standard InChI is InChI=1S/C33H55N3O21/c1-10-16(34)25(47-5)17(35-11(2)39)28(50-10)54-23-14(8-38)51-29(18(36-12(3)40)26(23)55-31-20(43)19(42)22(53-31)13(41)7-37)56-27-21(44)30(48-6)52-15-9-49-33(4,32(45)46)57-24(15)27/h10,13-31,37-38,41-44H,7-9,34H2,1-6H3,(H,35,39)(H,36,40)(H,45,46)/p-1/t10-,13+,14?,15-,16-,17?,18?,19+,20-,21?,22?,23-,24-,25?,26+,27?,28+,29+,30+,31?,33?/m0/s1. The zero-order chi connectivity index (χ0) is 42.1. The number of rotatable bonds is 14. The highest BCUT2D eigenvalue weighted by Crippen LogP contribution is 2.39. The average molecular weight is 829 g/mol. The molecule has 57 heavy (non-hydrogen) atoms. The van der Waals surface area contributed by atoms with E-state index < -0.39 is 159 Å². The highest BCUT2D eigenvalue weighted by molar-refractivity contribution is 5.74. The predicted molar refractivity (Wildman–Crippen MR) is 178 cm³/mol. The van der Waals surface area contributed by atoms with Crippen molar-refractivity contribution in [1.82, 2.24) is 10.6 Å². The number of nitrogens with one attached hydrogen (secondary N) is 2. The van der Waals surface area contributed by atoms with Crippen molar-refractivity contribution in [2.75, 3.05) is 34.0 Å². The molecule has 10 N–H and O–H groups in total. The summed E-state index contributed by atoms with van der Waals surface area (Å²) >= 11 is 0. The summed E-state index contributed by atoms with van der Waals surface area (Å²) in [6, 6.07) is -3.42. The second-order valence-electron chi connectivity index (χ2n) is 14.6. The number of aliphatic hydroxyl groups is 6. The van der Waals surface area contributed by atoms with Crippen molar-refractivity contribution in [2.45, 2.75) is 156 Å². The quantitative estimate of drug-likeness (QED) is 0.0785. The van der Waals surface area contributed by atoms with Crippen molar-refractivity contribution in [3.8, 4) is 0 Å². The summed E-state index contributed by atoms with van der Waals surface area (Å²) < 4.78 is 64.7. The number of hydrogen-bond donors (Lipinski definition) is 9. The predicted octanol–water partition coefficient (Wildman–Crippen LogP) is -7.63. The number of carbonyl (C=O) groups excluding carboxylic acids is 3. The van der Waals surface area contributed by atoms with Crippen LogP contribution in [0.25, 0.3) is 0 Å². The molecule has 0 saturated carbocycles. The fourth-order valence-corrected chi connectivity index (χ4v) is 7.57. The molecule has 5 saturated heterocycles. The first-order valence-corrected chi connectivity index (χ1v) is 18.3. The maximum atomic E-state index is 12.9. The lowest BCUT2D eigenvalue weighted by Gasteiger charge is -2.53. The molecule has 0 radical (unpaired) electrons. The molecule has 5 heterocycles. The number of fused-ring (bicyclic) bond motifs is 1. The molecule has 21 atom stereocenters. The van der Waals surface area contributed by atoms with E-state index in [0.717, 1.165) is 13.8 Å². The Morgan fingerprint density at radius 1 is 0.825 bits per heavy atom. The van der Waals surface area contributed by atoms with Crippen LogP contribution in [0.3, 0.4) is 0 Å². The smallest absolute Gasteiger partial charge is 0.217 e. The van der Waals surface area contributed by atoms with E-state index in [1.54, 1.807) is 6.92 Å². The van der Waals surface area contributed by atoms with Crippen LogP contribution in [0, 0.1) is 0 Å². The van der Waals surface area contributed by atoms with Crippen LogP contribution in [-0.2, 0) is 66.5 Å². The van der Waals surface area contributed by atoms with E-state index in [1.165, 1.54) is 21.1 Å². The molecule has 5 rings (SSSR count). The van der Waals surface area contributed by atoms with Crippen molar-refractivity contribution >= 4 is 17.8 Å². The number of aliphatic carboxylic acids is 1. The molecular weight excluding hydrogens is 774 g/mol. The van der Waals surface area contributed by atoms with Crippen molar-refractivity contribution in [3.05, 3.63) is 0 Å². The molecule has 24 heteroatoms. The summed E-state index contributed by atoms with van der Waals surface area (Å²) in [5.74, 6) is -5.32. The highest BCUT2D eigenvalue weighted by Gasteiger charge is 2.59. The lowest BCUT2D eigenvalue weighted by molar-refractivity contribution is -0.420. The van der Waals surface area contributed by atoms with Gasteiger partial charge in [-0.15, -0.1) is 0 Å². The SMILES string of the molecule is COC1C(NC(C)=O)[C@@H](O[C@H]2C(CO)O[C@H](OC3C(O)[C@H](OC)O[C@H]4COC(C)(C(=O)[O-])O[C@H]34)C(NC(C)=O)[C@H]2OC2OC([C@H](O)CO)[C@H](O)[C@@H]2O)O[C@@H](C)[C@@H]1N. The number of carboxylic acid groups (broad SMARTS) is 1. The zero-order valence-electron chi connectivity index (χ0n) is 32.1. The molecule has 0 aromatic rings. The second-order valence-corrected chi connectivity index (χ2v) is 14.6. The van der Waals surface area contributed by atoms with Gasteiger partial charge in [0, 0.05) is 28.1 Å². The van der Waals surface area contributed by atoms with Gasteiger partial charge in [-0.05, 0) is 13.8 Å². The normalized spacial score (nSPS) is 46.8. The van der Waals surface area contributed by atoms with Gasteiger partial charge >= 0.3 is 0 Å². The Labute approximate surface area is 326 Å². The van der Waals surface area contributed by atoms with Gasteiger partial charge in [-0.1, -0.05) is 0 Å². The maximum absolute atomic E-state index is 12.9. The average Bonchev–Trinajstić information content (AvgIpc) is 3.44. The second kappa shape index (κ2) is 18.9. The van der Waals surface area contributed by atoms with Gasteiger partial charge in [-0.2, -0.15) is 0 Å². The van der Waals surface area contributed by atoms with Gasteiger partial charge in [0.25, 0.3) is 0 Å². The third-order valence-electron chi connectivity index (χ3n) is 10.6. The Hall–Kier alpha value is -2.31. The molecule has 0 aromatic heterocycles. The van der Waals surface area contributed by atoms with E-state index >= 15 is 0 Å². The lowest BCUT2D eigenvalue weighted by atomic mass is 9.93. The molecule has 24 nitrogen and oxygen atoms in total. The summed E-state index contributed by atoms with van der Waals surface area (Å²) in [5, 5.41) is 81.2. The van der Waals surface area contributed by atoms with E-state index in [0.29, 0.717) is 0 Å².